The van der Waals surface area contributed by atoms with Gasteiger partial charge >= 0.3 is 5.97 Å². The summed E-state index contributed by atoms with van der Waals surface area (Å²) in [5, 5.41) is 19.2. The number of hydrogen-bond acceptors (Lipinski definition) is 4. The second-order valence-corrected chi connectivity index (χ2v) is 7.31. The van der Waals surface area contributed by atoms with Crippen LogP contribution in [-0.4, -0.2) is 31.1 Å². The minimum atomic E-state index is -0.648. The minimum Gasteiger partial charge on any atom is -0.481 e. The first-order chi connectivity index (χ1) is 10.3. The van der Waals surface area contributed by atoms with Crippen LogP contribution < -0.4 is 0 Å². The van der Waals surface area contributed by atoms with Crippen LogP contribution in [-0.2, 0) is 17.8 Å². The summed E-state index contributed by atoms with van der Waals surface area (Å²) in [7, 11) is 0. The highest BCUT2D eigenvalue weighted by molar-refractivity contribution is 7.99. The monoisotopic (exact) mass is 309 g/mol. The van der Waals surface area contributed by atoms with Crippen LogP contribution in [0.2, 0.25) is 0 Å². The molecule has 1 fully saturated rings. The Morgan fingerprint density at radius 1 is 1.10 bits per heavy atom. The average Bonchev–Trinajstić information content (AvgIpc) is 2.68. The van der Waals surface area contributed by atoms with E-state index in [1.54, 1.807) is 11.8 Å². The lowest BCUT2D eigenvalue weighted by Crippen LogP contribution is -2.25. The predicted octanol–water partition coefficient (Wildman–Crippen LogP) is 3.13. The van der Waals surface area contributed by atoms with E-state index in [1.807, 2.05) is 0 Å². The number of carbonyl (C=O) groups is 1. The van der Waals surface area contributed by atoms with Crippen molar-refractivity contribution in [3.63, 3.8) is 0 Å². The number of rotatable bonds is 3. The number of thioether (sulfide) groups is 1. The van der Waals surface area contributed by atoms with Crippen LogP contribution >= 0.6 is 11.8 Å². The molecular weight excluding hydrogens is 286 g/mol. The second kappa shape index (κ2) is 6.81. The Balaban J connectivity index is 1.78. The molecule has 2 aliphatic rings. The minimum absolute atomic E-state index is 0.140. The quantitative estimate of drug-likeness (QED) is 0.869. The molecule has 0 saturated heterocycles. The first-order valence-corrected chi connectivity index (χ1v) is 8.95. The molecule has 2 unspecified atom stereocenters. The van der Waals surface area contributed by atoms with E-state index in [-0.39, 0.29) is 11.2 Å². The van der Waals surface area contributed by atoms with E-state index >= 15 is 0 Å². The Hall–Kier alpha value is -1.04. The van der Waals surface area contributed by atoms with Gasteiger partial charge in [0, 0.05) is 18.2 Å². The third-order valence-corrected chi connectivity index (χ3v) is 5.98. The summed E-state index contributed by atoms with van der Waals surface area (Å²) < 4.78 is 2.22. The largest absolute Gasteiger partial charge is 0.481 e. The van der Waals surface area contributed by atoms with Crippen LogP contribution in [0.5, 0.6) is 0 Å². The fourth-order valence-electron chi connectivity index (χ4n) is 3.38. The van der Waals surface area contributed by atoms with E-state index in [1.165, 1.54) is 19.3 Å². The van der Waals surface area contributed by atoms with Gasteiger partial charge in [0.2, 0.25) is 0 Å². The van der Waals surface area contributed by atoms with Gasteiger partial charge in [-0.2, -0.15) is 0 Å². The molecule has 5 nitrogen and oxygen atoms in total. The van der Waals surface area contributed by atoms with Gasteiger partial charge in [0.05, 0.1) is 5.92 Å². The Morgan fingerprint density at radius 2 is 1.90 bits per heavy atom. The van der Waals surface area contributed by atoms with E-state index in [0.717, 1.165) is 56.1 Å². The Labute approximate surface area is 129 Å². The van der Waals surface area contributed by atoms with Gasteiger partial charge in [0.1, 0.15) is 5.82 Å². The highest BCUT2D eigenvalue weighted by Gasteiger charge is 2.32. The molecule has 1 saturated carbocycles. The van der Waals surface area contributed by atoms with Crippen LogP contribution in [0.3, 0.4) is 0 Å². The SMILES string of the molecule is O=C(O)C1CCCCCC1Sc1nnc2n1CCCCC2. The molecular formula is C15H23N3O2S. The lowest BCUT2D eigenvalue weighted by molar-refractivity contribution is -0.141. The van der Waals surface area contributed by atoms with Crippen LogP contribution in [0.4, 0.5) is 0 Å². The highest BCUT2D eigenvalue weighted by Crippen LogP contribution is 2.36. The van der Waals surface area contributed by atoms with Gasteiger partial charge in [-0.1, -0.05) is 37.4 Å². The van der Waals surface area contributed by atoms with Crippen molar-refractivity contribution >= 4 is 17.7 Å². The van der Waals surface area contributed by atoms with Gasteiger partial charge in [0.25, 0.3) is 0 Å². The molecule has 3 rings (SSSR count). The van der Waals surface area contributed by atoms with Crippen molar-refractivity contribution in [2.45, 2.75) is 74.7 Å². The van der Waals surface area contributed by atoms with E-state index in [0.29, 0.717) is 0 Å². The first kappa shape index (κ1) is 14.9. The normalized spacial score (nSPS) is 26.7. The van der Waals surface area contributed by atoms with E-state index < -0.39 is 5.97 Å². The van der Waals surface area contributed by atoms with Crippen molar-refractivity contribution in [2.75, 3.05) is 0 Å². The number of fused-ring (bicyclic) bond motifs is 1. The molecule has 6 heteroatoms. The molecule has 1 aromatic rings. The molecule has 1 aromatic heterocycles. The maximum Gasteiger partial charge on any atom is 0.307 e. The van der Waals surface area contributed by atoms with E-state index in [4.69, 9.17) is 0 Å². The van der Waals surface area contributed by atoms with Gasteiger partial charge in [-0.15, -0.1) is 10.2 Å². The van der Waals surface area contributed by atoms with Crippen molar-refractivity contribution in [2.24, 2.45) is 5.92 Å². The van der Waals surface area contributed by atoms with Crippen molar-refractivity contribution in [1.29, 1.82) is 0 Å². The summed E-state index contributed by atoms with van der Waals surface area (Å²) in [5.74, 6) is 0.191. The van der Waals surface area contributed by atoms with Crippen LogP contribution in [0, 0.1) is 5.92 Å². The third kappa shape index (κ3) is 3.42. The van der Waals surface area contributed by atoms with E-state index in [9.17, 15) is 9.90 Å². The molecule has 2 heterocycles. The topological polar surface area (TPSA) is 68.0 Å². The van der Waals surface area contributed by atoms with Crippen molar-refractivity contribution in [3.05, 3.63) is 5.82 Å². The molecule has 2 atom stereocenters. The maximum atomic E-state index is 11.5. The number of hydrogen-bond donors (Lipinski definition) is 1. The van der Waals surface area contributed by atoms with E-state index in [2.05, 4.69) is 14.8 Å². The van der Waals surface area contributed by atoms with Crippen molar-refractivity contribution in [1.82, 2.24) is 14.8 Å². The number of aryl methyl sites for hydroxylation is 1. The average molecular weight is 309 g/mol. The smallest absolute Gasteiger partial charge is 0.307 e. The predicted molar refractivity (Wildman–Crippen MR) is 81.4 cm³/mol. The van der Waals surface area contributed by atoms with Gasteiger partial charge < -0.3 is 9.67 Å². The molecule has 1 aliphatic heterocycles. The lowest BCUT2D eigenvalue weighted by atomic mass is 10.0. The van der Waals surface area contributed by atoms with Crippen LogP contribution in [0.25, 0.3) is 0 Å². The zero-order valence-corrected chi connectivity index (χ0v) is 13.1. The van der Waals surface area contributed by atoms with Crippen molar-refractivity contribution in [3.8, 4) is 0 Å². The fraction of sp³-hybridized carbons (Fsp3) is 0.800. The van der Waals surface area contributed by atoms with Gasteiger partial charge in [-0.3, -0.25) is 4.79 Å². The summed E-state index contributed by atoms with van der Waals surface area (Å²) in [4.78, 5) is 11.5. The van der Waals surface area contributed by atoms with Crippen LogP contribution in [0.1, 0.15) is 57.2 Å². The van der Waals surface area contributed by atoms with Crippen molar-refractivity contribution < 1.29 is 9.90 Å². The summed E-state index contributed by atoms with van der Waals surface area (Å²) in [6.07, 6.45) is 9.69. The van der Waals surface area contributed by atoms with Gasteiger partial charge in [-0.05, 0) is 25.7 Å². The number of carboxylic acid groups (broad SMARTS) is 1. The molecule has 21 heavy (non-hydrogen) atoms. The number of aromatic nitrogens is 3. The first-order valence-electron chi connectivity index (χ1n) is 8.07. The number of nitrogens with zero attached hydrogens (tertiary/aromatic N) is 3. The summed E-state index contributed by atoms with van der Waals surface area (Å²) >= 11 is 1.65. The highest BCUT2D eigenvalue weighted by atomic mass is 32.2. The lowest BCUT2D eigenvalue weighted by Gasteiger charge is -2.20. The molecule has 1 aliphatic carbocycles. The van der Waals surface area contributed by atoms with Crippen LogP contribution in [0.15, 0.2) is 5.16 Å². The molecule has 0 radical (unpaired) electrons. The second-order valence-electron chi connectivity index (χ2n) is 6.10. The summed E-state index contributed by atoms with van der Waals surface area (Å²) in [6.45, 7) is 0.981. The third-order valence-electron chi connectivity index (χ3n) is 4.60. The number of aliphatic carboxylic acids is 1. The molecule has 0 aromatic carbocycles. The zero-order valence-electron chi connectivity index (χ0n) is 12.3. The zero-order chi connectivity index (χ0) is 14.7. The Bertz CT molecular complexity index is 503. The maximum absolute atomic E-state index is 11.5. The Kier molecular flexibility index (Phi) is 4.83. The summed E-state index contributed by atoms with van der Waals surface area (Å²) in [5.41, 5.74) is 0. The molecule has 116 valence electrons. The molecule has 0 amide bonds. The molecule has 1 N–H and O–H groups in total. The number of carboxylic acids is 1. The molecule has 0 bridgehead atoms. The fourth-order valence-corrected chi connectivity index (χ4v) is 4.76. The van der Waals surface area contributed by atoms with Gasteiger partial charge in [0.15, 0.2) is 5.16 Å². The Morgan fingerprint density at radius 3 is 2.76 bits per heavy atom. The standard InChI is InChI=1S/C15H23N3O2S/c19-14(20)11-7-3-1-4-8-12(11)21-15-17-16-13-9-5-2-6-10-18(13)15/h11-12H,1-10H2,(H,19,20). The molecule has 0 spiro atoms. The summed E-state index contributed by atoms with van der Waals surface area (Å²) in [6, 6.07) is 0. The van der Waals surface area contributed by atoms with Gasteiger partial charge in [-0.25, -0.2) is 0 Å².